The van der Waals surface area contributed by atoms with E-state index in [1.54, 1.807) is 0 Å². The van der Waals surface area contributed by atoms with Gasteiger partial charge in [-0.3, -0.25) is 0 Å². The lowest BCUT2D eigenvalue weighted by Crippen LogP contribution is -2.26. The molecule has 3 heteroatoms. The Kier molecular flexibility index (Phi) is 5.76. The molecule has 0 amide bonds. The molecule has 1 rings (SSSR count). The van der Waals surface area contributed by atoms with Crippen LogP contribution in [0, 0.1) is 0 Å². The number of hydrogen-bond donors (Lipinski definition) is 2. The molecule has 0 heterocycles. The van der Waals surface area contributed by atoms with Gasteiger partial charge in [-0.25, -0.2) is 0 Å². The van der Waals surface area contributed by atoms with Gasteiger partial charge < -0.3 is 10.2 Å². The monoisotopic (exact) mass is 226 g/mol. The van der Waals surface area contributed by atoms with E-state index in [1.807, 2.05) is 37.3 Å². The predicted octanol–water partition coefficient (Wildman–Crippen LogP) is 2.30. The molecule has 2 N–H and O–H groups in total. The summed E-state index contributed by atoms with van der Waals surface area (Å²) in [5, 5.41) is 18.9. The van der Waals surface area contributed by atoms with E-state index in [2.05, 4.69) is 0 Å². The van der Waals surface area contributed by atoms with Gasteiger partial charge in [-0.1, -0.05) is 31.5 Å². The van der Waals surface area contributed by atoms with Gasteiger partial charge in [0.05, 0.1) is 18.0 Å². The lowest BCUT2D eigenvalue weighted by Gasteiger charge is -2.19. The standard InChI is InChI=1S/C12H18O2S/c1-2-6-11(14)12(9-13)15-10-7-4-3-5-8-10/h3-5,7-8,11-14H,2,6,9H2,1H3/t11-,12+/m1/s1. The van der Waals surface area contributed by atoms with Crippen molar-refractivity contribution in [3.05, 3.63) is 30.3 Å². The number of aliphatic hydroxyl groups is 2. The number of thioether (sulfide) groups is 1. The number of rotatable bonds is 6. The first-order valence-corrected chi connectivity index (χ1v) is 6.16. The van der Waals surface area contributed by atoms with Gasteiger partial charge in [0.25, 0.3) is 0 Å². The Labute approximate surface area is 95.3 Å². The maximum atomic E-state index is 9.79. The molecule has 1 aromatic carbocycles. The van der Waals surface area contributed by atoms with Crippen molar-refractivity contribution < 1.29 is 10.2 Å². The lowest BCUT2D eigenvalue weighted by atomic mass is 10.1. The van der Waals surface area contributed by atoms with Crippen molar-refractivity contribution in [2.45, 2.75) is 36.0 Å². The normalized spacial score (nSPS) is 14.9. The maximum Gasteiger partial charge on any atom is 0.0684 e. The summed E-state index contributed by atoms with van der Waals surface area (Å²) in [5.74, 6) is 0. The summed E-state index contributed by atoms with van der Waals surface area (Å²) in [5.41, 5.74) is 0. The third kappa shape index (κ3) is 4.24. The molecule has 0 saturated carbocycles. The molecule has 0 aromatic heterocycles. The molecule has 0 aliphatic carbocycles. The van der Waals surface area contributed by atoms with Gasteiger partial charge in [0, 0.05) is 4.90 Å². The second-order valence-electron chi connectivity index (χ2n) is 3.51. The predicted molar refractivity (Wildman–Crippen MR) is 64.1 cm³/mol. The van der Waals surface area contributed by atoms with E-state index in [4.69, 9.17) is 0 Å². The molecular weight excluding hydrogens is 208 g/mol. The van der Waals surface area contributed by atoms with Crippen molar-refractivity contribution >= 4 is 11.8 Å². The van der Waals surface area contributed by atoms with Crippen molar-refractivity contribution in [2.75, 3.05) is 6.61 Å². The second kappa shape index (κ2) is 6.88. The molecule has 84 valence electrons. The highest BCUT2D eigenvalue weighted by Crippen LogP contribution is 2.26. The van der Waals surface area contributed by atoms with E-state index in [0.717, 1.165) is 17.7 Å². The topological polar surface area (TPSA) is 40.5 Å². The smallest absolute Gasteiger partial charge is 0.0684 e. The van der Waals surface area contributed by atoms with Gasteiger partial charge in [-0.15, -0.1) is 11.8 Å². The molecular formula is C12H18O2S. The summed E-state index contributed by atoms with van der Waals surface area (Å²) >= 11 is 1.54. The Hall–Kier alpha value is -0.510. The Morgan fingerprint density at radius 3 is 2.47 bits per heavy atom. The Balaban J connectivity index is 2.53. The SMILES string of the molecule is CCC[C@@H](O)[C@H](CO)Sc1ccccc1. The van der Waals surface area contributed by atoms with Crippen LogP contribution in [0.5, 0.6) is 0 Å². The van der Waals surface area contributed by atoms with E-state index < -0.39 is 6.10 Å². The highest BCUT2D eigenvalue weighted by Gasteiger charge is 2.18. The molecule has 0 spiro atoms. The minimum atomic E-state index is -0.426. The highest BCUT2D eigenvalue weighted by atomic mass is 32.2. The zero-order chi connectivity index (χ0) is 11.1. The van der Waals surface area contributed by atoms with E-state index in [1.165, 1.54) is 11.8 Å². The van der Waals surface area contributed by atoms with Crippen LogP contribution in [0.1, 0.15) is 19.8 Å². The van der Waals surface area contributed by atoms with Gasteiger partial charge in [0.1, 0.15) is 0 Å². The Bertz CT molecular complexity index is 264. The first kappa shape index (κ1) is 12.6. The third-order valence-corrected chi connectivity index (χ3v) is 3.53. The summed E-state index contributed by atoms with van der Waals surface area (Å²) < 4.78 is 0. The molecule has 2 nitrogen and oxygen atoms in total. The first-order valence-electron chi connectivity index (χ1n) is 5.28. The van der Waals surface area contributed by atoms with Gasteiger partial charge in [0.2, 0.25) is 0 Å². The van der Waals surface area contributed by atoms with Gasteiger partial charge in [0.15, 0.2) is 0 Å². The van der Waals surface area contributed by atoms with E-state index in [9.17, 15) is 10.2 Å². The summed E-state index contributed by atoms with van der Waals surface area (Å²) in [6.45, 7) is 2.05. The quantitative estimate of drug-likeness (QED) is 0.731. The van der Waals surface area contributed by atoms with Crippen LogP contribution < -0.4 is 0 Å². The average Bonchev–Trinajstić information content (AvgIpc) is 2.27. The van der Waals surface area contributed by atoms with Gasteiger partial charge in [-0.2, -0.15) is 0 Å². The molecule has 0 saturated heterocycles. The van der Waals surface area contributed by atoms with Crippen LogP contribution in [0.4, 0.5) is 0 Å². The van der Waals surface area contributed by atoms with Crippen LogP contribution in [0.3, 0.4) is 0 Å². The van der Waals surface area contributed by atoms with Crippen molar-refractivity contribution in [3.63, 3.8) is 0 Å². The molecule has 15 heavy (non-hydrogen) atoms. The largest absolute Gasteiger partial charge is 0.395 e. The fourth-order valence-corrected chi connectivity index (χ4v) is 2.42. The summed E-state index contributed by atoms with van der Waals surface area (Å²) in [6, 6.07) is 9.87. The second-order valence-corrected chi connectivity index (χ2v) is 4.82. The number of aliphatic hydroxyl groups excluding tert-OH is 2. The molecule has 0 aliphatic heterocycles. The molecule has 0 bridgehead atoms. The summed E-state index contributed by atoms with van der Waals surface area (Å²) in [4.78, 5) is 1.09. The zero-order valence-corrected chi connectivity index (χ0v) is 9.78. The highest BCUT2D eigenvalue weighted by molar-refractivity contribution is 8.00. The fraction of sp³-hybridized carbons (Fsp3) is 0.500. The van der Waals surface area contributed by atoms with E-state index in [-0.39, 0.29) is 11.9 Å². The minimum absolute atomic E-state index is 0.0146. The summed E-state index contributed by atoms with van der Waals surface area (Å²) in [7, 11) is 0. The Morgan fingerprint density at radius 1 is 1.27 bits per heavy atom. The summed E-state index contributed by atoms with van der Waals surface area (Å²) in [6.07, 6.45) is 1.25. The van der Waals surface area contributed by atoms with Crippen LogP contribution >= 0.6 is 11.8 Å². The van der Waals surface area contributed by atoms with Gasteiger partial charge >= 0.3 is 0 Å². The number of hydrogen-bond acceptors (Lipinski definition) is 3. The average molecular weight is 226 g/mol. The third-order valence-electron chi connectivity index (χ3n) is 2.22. The Morgan fingerprint density at radius 2 is 1.93 bits per heavy atom. The minimum Gasteiger partial charge on any atom is -0.395 e. The molecule has 0 unspecified atom stereocenters. The fourth-order valence-electron chi connectivity index (χ4n) is 1.39. The molecule has 2 atom stereocenters. The molecule has 0 radical (unpaired) electrons. The molecule has 0 fully saturated rings. The van der Waals surface area contributed by atoms with Crippen LogP contribution in [-0.4, -0.2) is 28.2 Å². The van der Waals surface area contributed by atoms with Gasteiger partial charge in [-0.05, 0) is 18.6 Å². The lowest BCUT2D eigenvalue weighted by molar-refractivity contribution is 0.131. The van der Waals surface area contributed by atoms with Crippen molar-refractivity contribution in [1.82, 2.24) is 0 Å². The first-order chi connectivity index (χ1) is 7.27. The van der Waals surface area contributed by atoms with Crippen molar-refractivity contribution in [2.24, 2.45) is 0 Å². The van der Waals surface area contributed by atoms with Crippen LogP contribution in [0.15, 0.2) is 35.2 Å². The zero-order valence-electron chi connectivity index (χ0n) is 8.97. The van der Waals surface area contributed by atoms with Crippen molar-refractivity contribution in [3.8, 4) is 0 Å². The van der Waals surface area contributed by atoms with Crippen molar-refractivity contribution in [1.29, 1.82) is 0 Å². The van der Waals surface area contributed by atoms with E-state index >= 15 is 0 Å². The maximum absolute atomic E-state index is 9.79. The van der Waals surface area contributed by atoms with Crippen LogP contribution in [0.25, 0.3) is 0 Å². The number of benzene rings is 1. The van der Waals surface area contributed by atoms with E-state index in [0.29, 0.717) is 0 Å². The molecule has 0 aliphatic rings. The van der Waals surface area contributed by atoms with Crippen LogP contribution in [0.2, 0.25) is 0 Å². The molecule has 1 aromatic rings. The van der Waals surface area contributed by atoms with Crippen LogP contribution in [-0.2, 0) is 0 Å².